The van der Waals surface area contributed by atoms with E-state index in [1.807, 2.05) is 4.90 Å². The summed E-state index contributed by atoms with van der Waals surface area (Å²) in [6, 6.07) is 9.11. The average molecular weight is 418 g/mol. The lowest BCUT2D eigenvalue weighted by atomic mass is 9.92. The first-order valence-corrected chi connectivity index (χ1v) is 11.9. The maximum absolute atomic E-state index is 12.0. The highest BCUT2D eigenvalue weighted by Gasteiger charge is 2.17. The van der Waals surface area contributed by atoms with Crippen LogP contribution in [0.15, 0.2) is 24.3 Å². The molecule has 5 nitrogen and oxygen atoms in total. The van der Waals surface area contributed by atoms with Crippen molar-refractivity contribution >= 4 is 5.91 Å². The first-order valence-electron chi connectivity index (χ1n) is 11.9. The lowest BCUT2D eigenvalue weighted by molar-refractivity contribution is -0.130. The number of amides is 1. The summed E-state index contributed by atoms with van der Waals surface area (Å²) >= 11 is 0. The molecular weight excluding hydrogens is 374 g/mol. The van der Waals surface area contributed by atoms with Crippen LogP contribution in [-0.4, -0.2) is 56.2 Å². The molecule has 2 rings (SSSR count). The number of benzene rings is 1. The van der Waals surface area contributed by atoms with Gasteiger partial charge in [0.2, 0.25) is 5.91 Å². The van der Waals surface area contributed by atoms with Crippen molar-refractivity contribution in [3.63, 3.8) is 0 Å². The van der Waals surface area contributed by atoms with E-state index in [4.69, 9.17) is 4.74 Å². The van der Waals surface area contributed by atoms with Crippen molar-refractivity contribution in [1.29, 1.82) is 0 Å². The molecule has 5 heteroatoms. The highest BCUT2D eigenvalue weighted by molar-refractivity contribution is 5.76. The Morgan fingerprint density at radius 2 is 1.90 bits per heavy atom. The standard InChI is InChI=1S/C25H43N3O2/c1-5-24(27-13-6-7-16-28-17-15-26-14-12-25(28)29)21(4)18-22-8-10-23(11-9-22)30-19-20(2)3/h8-11,20-21,24,26-27H,5-7,12-19H2,1-4H3. The highest BCUT2D eigenvalue weighted by Crippen LogP contribution is 2.18. The third kappa shape index (κ3) is 9.05. The van der Waals surface area contributed by atoms with Crippen LogP contribution >= 0.6 is 0 Å². The van der Waals surface area contributed by atoms with Gasteiger partial charge in [0.1, 0.15) is 5.75 Å². The van der Waals surface area contributed by atoms with Crippen LogP contribution < -0.4 is 15.4 Å². The van der Waals surface area contributed by atoms with Crippen LogP contribution in [0.25, 0.3) is 0 Å². The first-order chi connectivity index (χ1) is 14.5. The second-order valence-electron chi connectivity index (χ2n) is 9.09. The van der Waals surface area contributed by atoms with Gasteiger partial charge < -0.3 is 20.3 Å². The molecule has 1 amide bonds. The molecule has 0 aliphatic carbocycles. The largest absolute Gasteiger partial charge is 0.493 e. The van der Waals surface area contributed by atoms with Gasteiger partial charge in [0.05, 0.1) is 6.61 Å². The SMILES string of the molecule is CCC(NCCCCN1CCNCCC1=O)C(C)Cc1ccc(OCC(C)C)cc1. The molecule has 2 N–H and O–H groups in total. The zero-order valence-electron chi connectivity index (χ0n) is 19.6. The molecule has 1 saturated heterocycles. The molecule has 0 spiro atoms. The maximum Gasteiger partial charge on any atom is 0.223 e. The summed E-state index contributed by atoms with van der Waals surface area (Å²) in [5, 5.41) is 7.05. The molecule has 0 saturated carbocycles. The Labute approximate surface area is 183 Å². The van der Waals surface area contributed by atoms with Crippen molar-refractivity contribution in [2.75, 3.05) is 39.3 Å². The second-order valence-corrected chi connectivity index (χ2v) is 9.09. The van der Waals surface area contributed by atoms with E-state index in [1.54, 1.807) is 0 Å². The monoisotopic (exact) mass is 417 g/mol. The Morgan fingerprint density at radius 3 is 2.60 bits per heavy atom. The van der Waals surface area contributed by atoms with Gasteiger partial charge in [0, 0.05) is 38.6 Å². The Morgan fingerprint density at radius 1 is 1.13 bits per heavy atom. The van der Waals surface area contributed by atoms with E-state index >= 15 is 0 Å². The van der Waals surface area contributed by atoms with Crippen LogP contribution in [0.3, 0.4) is 0 Å². The molecule has 170 valence electrons. The summed E-state index contributed by atoms with van der Waals surface area (Å²) in [4.78, 5) is 14.1. The molecule has 1 heterocycles. The average Bonchev–Trinajstić information content (AvgIpc) is 2.94. The Kier molecular flexibility index (Phi) is 11.2. The van der Waals surface area contributed by atoms with Gasteiger partial charge in [-0.15, -0.1) is 0 Å². The van der Waals surface area contributed by atoms with E-state index in [1.165, 1.54) is 5.56 Å². The molecule has 2 atom stereocenters. The molecule has 1 aromatic rings. The van der Waals surface area contributed by atoms with Crippen molar-refractivity contribution in [3.8, 4) is 5.75 Å². The molecule has 0 bridgehead atoms. The molecule has 1 aliphatic rings. The number of carbonyl (C=O) groups is 1. The van der Waals surface area contributed by atoms with Gasteiger partial charge in [-0.25, -0.2) is 0 Å². The number of rotatable bonds is 13. The third-order valence-corrected chi connectivity index (χ3v) is 5.88. The van der Waals surface area contributed by atoms with Gasteiger partial charge in [-0.05, 0) is 61.8 Å². The first kappa shape index (κ1) is 24.7. The van der Waals surface area contributed by atoms with Crippen molar-refractivity contribution in [1.82, 2.24) is 15.5 Å². The molecule has 1 aromatic carbocycles. The van der Waals surface area contributed by atoms with Crippen molar-refractivity contribution in [2.24, 2.45) is 11.8 Å². The summed E-state index contributed by atoms with van der Waals surface area (Å²) in [5.41, 5.74) is 1.37. The van der Waals surface area contributed by atoms with E-state index in [9.17, 15) is 4.79 Å². The zero-order valence-corrected chi connectivity index (χ0v) is 19.6. The van der Waals surface area contributed by atoms with Crippen molar-refractivity contribution in [2.45, 2.75) is 65.8 Å². The second kappa shape index (κ2) is 13.7. The number of unbranched alkanes of at least 4 members (excludes halogenated alkanes) is 1. The number of nitrogens with one attached hydrogen (secondary N) is 2. The zero-order chi connectivity index (χ0) is 21.8. The number of hydrogen-bond acceptors (Lipinski definition) is 4. The summed E-state index contributed by atoms with van der Waals surface area (Å²) < 4.78 is 5.79. The minimum absolute atomic E-state index is 0.300. The minimum atomic E-state index is 0.300. The fraction of sp³-hybridized carbons (Fsp3) is 0.720. The van der Waals surface area contributed by atoms with Gasteiger partial charge in [0.25, 0.3) is 0 Å². The fourth-order valence-corrected chi connectivity index (χ4v) is 4.02. The molecule has 2 unspecified atom stereocenters. The molecule has 0 aromatic heterocycles. The third-order valence-electron chi connectivity index (χ3n) is 5.88. The predicted molar refractivity (Wildman–Crippen MR) is 125 cm³/mol. The van der Waals surface area contributed by atoms with Crippen LogP contribution in [0, 0.1) is 11.8 Å². The Balaban J connectivity index is 1.67. The molecule has 0 radical (unpaired) electrons. The minimum Gasteiger partial charge on any atom is -0.493 e. The summed E-state index contributed by atoms with van der Waals surface area (Å²) in [5.74, 6) is 2.39. The van der Waals surface area contributed by atoms with Crippen molar-refractivity contribution in [3.05, 3.63) is 29.8 Å². The van der Waals surface area contributed by atoms with Gasteiger partial charge in [-0.1, -0.05) is 39.8 Å². The van der Waals surface area contributed by atoms with E-state index in [-0.39, 0.29) is 0 Å². The predicted octanol–water partition coefficient (Wildman–Crippen LogP) is 3.87. The summed E-state index contributed by atoms with van der Waals surface area (Å²) in [7, 11) is 0. The van der Waals surface area contributed by atoms with E-state index < -0.39 is 0 Å². The van der Waals surface area contributed by atoms with Crippen LogP contribution in [-0.2, 0) is 11.2 Å². The lowest BCUT2D eigenvalue weighted by Gasteiger charge is -2.25. The van der Waals surface area contributed by atoms with Crippen LogP contribution in [0.5, 0.6) is 5.75 Å². The summed E-state index contributed by atoms with van der Waals surface area (Å²) in [6.07, 6.45) is 5.03. The van der Waals surface area contributed by atoms with Gasteiger partial charge in [-0.3, -0.25) is 4.79 Å². The quantitative estimate of drug-likeness (QED) is 0.479. The van der Waals surface area contributed by atoms with E-state index in [2.05, 4.69) is 62.6 Å². The van der Waals surface area contributed by atoms with Crippen LogP contribution in [0.4, 0.5) is 0 Å². The van der Waals surface area contributed by atoms with Gasteiger partial charge >= 0.3 is 0 Å². The number of hydrogen-bond donors (Lipinski definition) is 2. The molecular formula is C25H43N3O2. The number of carbonyl (C=O) groups excluding carboxylic acids is 1. The lowest BCUT2D eigenvalue weighted by Crippen LogP contribution is -2.37. The summed E-state index contributed by atoms with van der Waals surface area (Å²) in [6.45, 7) is 14.2. The number of ether oxygens (including phenoxy) is 1. The molecule has 30 heavy (non-hydrogen) atoms. The van der Waals surface area contributed by atoms with E-state index in [0.29, 0.717) is 30.2 Å². The molecule has 1 fully saturated rings. The highest BCUT2D eigenvalue weighted by atomic mass is 16.5. The Hall–Kier alpha value is -1.59. The van der Waals surface area contributed by atoms with Crippen LogP contribution in [0.2, 0.25) is 0 Å². The normalized spacial score (nSPS) is 17.1. The maximum atomic E-state index is 12.0. The van der Waals surface area contributed by atoms with Gasteiger partial charge in [0.15, 0.2) is 0 Å². The van der Waals surface area contributed by atoms with Crippen LogP contribution in [0.1, 0.15) is 58.9 Å². The fourth-order valence-electron chi connectivity index (χ4n) is 4.02. The Bertz CT molecular complexity index is 603. The van der Waals surface area contributed by atoms with Gasteiger partial charge in [-0.2, -0.15) is 0 Å². The van der Waals surface area contributed by atoms with E-state index in [0.717, 1.165) is 70.8 Å². The smallest absolute Gasteiger partial charge is 0.223 e. The topological polar surface area (TPSA) is 53.6 Å². The number of nitrogens with zero attached hydrogens (tertiary/aromatic N) is 1. The van der Waals surface area contributed by atoms with Crippen molar-refractivity contribution < 1.29 is 9.53 Å². The molecule has 1 aliphatic heterocycles.